The van der Waals surface area contributed by atoms with Crippen LogP contribution in [-0.4, -0.2) is 40.1 Å². The molecule has 1 aromatic heterocycles. The number of nitrogens with zero attached hydrogens (tertiary/aromatic N) is 3. The third-order valence-corrected chi connectivity index (χ3v) is 3.74. The van der Waals surface area contributed by atoms with E-state index in [-0.39, 0.29) is 5.92 Å². The van der Waals surface area contributed by atoms with E-state index in [9.17, 15) is 4.79 Å². The predicted molar refractivity (Wildman–Crippen MR) is 72.5 cm³/mol. The minimum absolute atomic E-state index is 0.197. The molecule has 3 rings (SSSR count). The van der Waals surface area contributed by atoms with E-state index in [1.165, 1.54) is 0 Å². The fraction of sp³-hybridized carbons (Fsp3) is 0.500. The second-order valence-electron chi connectivity index (χ2n) is 5.17. The number of likely N-dealkylation sites (tertiary alicyclic amines) is 1. The number of allylic oxidation sites excluding steroid dienone is 2. The van der Waals surface area contributed by atoms with Gasteiger partial charge < -0.3 is 10.2 Å². The topological polar surface area (TPSA) is 58.1 Å². The van der Waals surface area contributed by atoms with Gasteiger partial charge in [-0.15, -0.1) is 5.10 Å². The van der Waals surface area contributed by atoms with Crippen molar-refractivity contribution in [1.82, 2.24) is 15.1 Å². The summed E-state index contributed by atoms with van der Waals surface area (Å²) in [5.41, 5.74) is 0. The smallest absolute Gasteiger partial charge is 0.226 e. The molecule has 1 N–H and O–H groups in total. The Morgan fingerprint density at radius 3 is 2.95 bits per heavy atom. The van der Waals surface area contributed by atoms with Crippen LogP contribution in [0, 0.1) is 5.92 Å². The lowest BCUT2D eigenvalue weighted by Gasteiger charge is -2.41. The Morgan fingerprint density at radius 2 is 2.26 bits per heavy atom. The Labute approximate surface area is 112 Å². The van der Waals surface area contributed by atoms with Gasteiger partial charge in [-0.1, -0.05) is 12.2 Å². The maximum absolute atomic E-state index is 12.2. The van der Waals surface area contributed by atoms with Crippen molar-refractivity contribution in [2.45, 2.75) is 25.3 Å². The van der Waals surface area contributed by atoms with E-state index >= 15 is 0 Å². The fourth-order valence-electron chi connectivity index (χ4n) is 2.61. The largest absolute Gasteiger partial charge is 0.362 e. The highest BCUT2D eigenvalue weighted by molar-refractivity contribution is 5.80. The van der Waals surface area contributed by atoms with Crippen molar-refractivity contribution in [3.8, 4) is 0 Å². The second-order valence-corrected chi connectivity index (χ2v) is 5.17. The van der Waals surface area contributed by atoms with E-state index in [2.05, 4.69) is 27.7 Å². The van der Waals surface area contributed by atoms with E-state index < -0.39 is 0 Å². The van der Waals surface area contributed by atoms with Crippen molar-refractivity contribution in [3.05, 3.63) is 30.5 Å². The van der Waals surface area contributed by atoms with E-state index in [1.807, 2.05) is 17.0 Å². The van der Waals surface area contributed by atoms with Gasteiger partial charge in [0.2, 0.25) is 5.91 Å². The predicted octanol–water partition coefficient (Wildman–Crippen LogP) is 1.46. The molecular weight excluding hydrogens is 240 g/mol. The first kappa shape index (κ1) is 12.1. The molecule has 1 aliphatic carbocycles. The Bertz CT molecular complexity index is 468. The summed E-state index contributed by atoms with van der Waals surface area (Å²) in [6.45, 7) is 1.55. The van der Waals surface area contributed by atoms with Crippen molar-refractivity contribution in [3.63, 3.8) is 0 Å². The lowest BCUT2D eigenvalue weighted by atomic mass is 9.91. The fourth-order valence-corrected chi connectivity index (χ4v) is 2.61. The number of hydrogen-bond donors (Lipinski definition) is 1. The maximum atomic E-state index is 12.2. The van der Waals surface area contributed by atoms with Gasteiger partial charge in [0.1, 0.15) is 5.82 Å². The van der Waals surface area contributed by atoms with Crippen LogP contribution < -0.4 is 5.32 Å². The normalized spacial score (nSPS) is 22.9. The highest BCUT2D eigenvalue weighted by Crippen LogP contribution is 2.23. The summed E-state index contributed by atoms with van der Waals surface area (Å²) in [6.07, 6.45) is 8.87. The molecule has 0 bridgehead atoms. The Morgan fingerprint density at radius 1 is 1.37 bits per heavy atom. The average Bonchev–Trinajstić information content (AvgIpc) is 2.44. The quantitative estimate of drug-likeness (QED) is 0.834. The van der Waals surface area contributed by atoms with Gasteiger partial charge in [0, 0.05) is 25.2 Å². The van der Waals surface area contributed by atoms with Crippen molar-refractivity contribution in [2.24, 2.45) is 5.92 Å². The minimum Gasteiger partial charge on any atom is -0.362 e. The molecule has 1 atom stereocenters. The highest BCUT2D eigenvalue weighted by atomic mass is 16.2. The zero-order valence-electron chi connectivity index (χ0n) is 10.8. The van der Waals surface area contributed by atoms with Crippen LogP contribution in [0.3, 0.4) is 0 Å². The van der Waals surface area contributed by atoms with E-state index in [4.69, 9.17) is 0 Å². The number of carbonyl (C=O) groups is 1. The van der Waals surface area contributed by atoms with Crippen LogP contribution in [0.1, 0.15) is 19.3 Å². The summed E-state index contributed by atoms with van der Waals surface area (Å²) in [7, 11) is 0. The van der Waals surface area contributed by atoms with Gasteiger partial charge in [-0.05, 0) is 31.4 Å². The molecule has 1 aromatic rings. The third-order valence-electron chi connectivity index (χ3n) is 3.74. The van der Waals surface area contributed by atoms with Crippen molar-refractivity contribution in [1.29, 1.82) is 0 Å². The average molecular weight is 258 g/mol. The Hall–Kier alpha value is -1.91. The number of anilines is 1. The van der Waals surface area contributed by atoms with Crippen LogP contribution in [0.2, 0.25) is 0 Å². The van der Waals surface area contributed by atoms with Crippen molar-refractivity contribution in [2.75, 3.05) is 18.4 Å². The lowest BCUT2D eigenvalue weighted by molar-refractivity contribution is -0.139. The molecule has 1 saturated heterocycles. The lowest BCUT2D eigenvalue weighted by Crippen LogP contribution is -2.58. The summed E-state index contributed by atoms with van der Waals surface area (Å²) in [4.78, 5) is 14.2. The van der Waals surface area contributed by atoms with Gasteiger partial charge in [0.25, 0.3) is 0 Å². The number of hydrogen-bond acceptors (Lipinski definition) is 4. The zero-order chi connectivity index (χ0) is 13.1. The molecule has 100 valence electrons. The molecule has 1 aliphatic heterocycles. The summed E-state index contributed by atoms with van der Waals surface area (Å²) in [5.74, 6) is 1.28. The molecule has 19 heavy (non-hydrogen) atoms. The molecule has 2 heterocycles. The van der Waals surface area contributed by atoms with Gasteiger partial charge in [-0.3, -0.25) is 4.79 Å². The van der Waals surface area contributed by atoms with Crippen LogP contribution in [0.25, 0.3) is 0 Å². The zero-order valence-corrected chi connectivity index (χ0v) is 10.8. The molecule has 1 amide bonds. The Kier molecular flexibility index (Phi) is 3.44. The number of rotatable bonds is 3. The maximum Gasteiger partial charge on any atom is 0.226 e. The molecule has 5 heteroatoms. The van der Waals surface area contributed by atoms with Crippen LogP contribution in [-0.2, 0) is 4.79 Å². The van der Waals surface area contributed by atoms with E-state index in [0.29, 0.717) is 11.9 Å². The number of carbonyl (C=O) groups excluding carboxylic acids is 1. The number of nitrogens with one attached hydrogen (secondary N) is 1. The standard InChI is InChI=1S/C14H18N4O/c19-14(11-5-2-1-3-6-11)18-9-12(10-18)16-13-7-4-8-15-17-13/h1-2,4,7-8,11-12H,3,5-6,9-10H2,(H,16,17). The summed E-state index contributed by atoms with van der Waals surface area (Å²) < 4.78 is 0. The first-order chi connectivity index (χ1) is 9.33. The second kappa shape index (κ2) is 5.38. The molecule has 1 fully saturated rings. The first-order valence-electron chi connectivity index (χ1n) is 6.81. The molecule has 2 aliphatic rings. The third kappa shape index (κ3) is 2.75. The monoisotopic (exact) mass is 258 g/mol. The molecule has 0 saturated carbocycles. The van der Waals surface area contributed by atoms with Crippen LogP contribution in [0.4, 0.5) is 5.82 Å². The SMILES string of the molecule is O=C(C1CC=CCC1)N1CC(Nc2cccnn2)C1. The van der Waals surface area contributed by atoms with Crippen LogP contribution in [0.15, 0.2) is 30.5 Å². The van der Waals surface area contributed by atoms with E-state index in [1.54, 1.807) is 6.20 Å². The molecule has 0 radical (unpaired) electrons. The number of aromatic nitrogens is 2. The summed E-state index contributed by atoms with van der Waals surface area (Å²) in [5, 5.41) is 11.1. The molecule has 5 nitrogen and oxygen atoms in total. The van der Waals surface area contributed by atoms with Gasteiger partial charge >= 0.3 is 0 Å². The van der Waals surface area contributed by atoms with Gasteiger partial charge in [0.15, 0.2) is 0 Å². The first-order valence-corrected chi connectivity index (χ1v) is 6.81. The molecular formula is C14H18N4O. The van der Waals surface area contributed by atoms with Crippen molar-refractivity contribution < 1.29 is 4.79 Å². The molecule has 1 unspecified atom stereocenters. The van der Waals surface area contributed by atoms with Crippen LogP contribution in [0.5, 0.6) is 0 Å². The Balaban J connectivity index is 1.47. The van der Waals surface area contributed by atoms with Crippen molar-refractivity contribution >= 4 is 11.7 Å². The number of amides is 1. The summed E-state index contributed by atoms with van der Waals surface area (Å²) in [6, 6.07) is 4.05. The van der Waals surface area contributed by atoms with Crippen LogP contribution >= 0.6 is 0 Å². The van der Waals surface area contributed by atoms with Gasteiger partial charge in [-0.2, -0.15) is 5.10 Å². The van der Waals surface area contributed by atoms with Gasteiger partial charge in [0.05, 0.1) is 6.04 Å². The highest BCUT2D eigenvalue weighted by Gasteiger charge is 2.34. The minimum atomic E-state index is 0.197. The molecule has 0 spiro atoms. The summed E-state index contributed by atoms with van der Waals surface area (Å²) >= 11 is 0. The van der Waals surface area contributed by atoms with E-state index in [0.717, 1.165) is 38.2 Å². The molecule has 0 aromatic carbocycles. The van der Waals surface area contributed by atoms with Gasteiger partial charge in [-0.25, -0.2) is 0 Å².